The predicted octanol–water partition coefficient (Wildman–Crippen LogP) is 11.4. The van der Waals surface area contributed by atoms with Crippen molar-refractivity contribution in [2.45, 2.75) is 0 Å². The van der Waals surface area contributed by atoms with Crippen LogP contribution in [0.2, 0.25) is 0 Å². The first-order chi connectivity index (χ1) is 25.8. The van der Waals surface area contributed by atoms with Gasteiger partial charge in [0.1, 0.15) is 5.52 Å². The van der Waals surface area contributed by atoms with E-state index in [-0.39, 0.29) is 0 Å². The first-order valence-corrected chi connectivity index (χ1v) is 17.2. The van der Waals surface area contributed by atoms with Crippen LogP contribution in [0.4, 0.5) is 0 Å². The van der Waals surface area contributed by atoms with Gasteiger partial charge in [0.15, 0.2) is 23.1 Å². The highest BCUT2D eigenvalue weighted by molar-refractivity contribution is 6.09. The molecule has 6 heteroatoms. The molecule has 0 amide bonds. The maximum Gasteiger partial charge on any atom is 0.229 e. The second-order valence-electron chi connectivity index (χ2n) is 12.7. The first-order valence-electron chi connectivity index (χ1n) is 17.2. The van der Waals surface area contributed by atoms with Gasteiger partial charge in [-0.2, -0.15) is 0 Å². The molecule has 3 aromatic heterocycles. The molecule has 10 aromatic rings. The number of benzene rings is 7. The van der Waals surface area contributed by atoms with Gasteiger partial charge in [0.25, 0.3) is 0 Å². The van der Waals surface area contributed by atoms with Crippen LogP contribution in [0.15, 0.2) is 180 Å². The van der Waals surface area contributed by atoms with E-state index in [2.05, 4.69) is 120 Å². The van der Waals surface area contributed by atoms with Crippen molar-refractivity contribution in [1.29, 1.82) is 0 Å². The van der Waals surface area contributed by atoms with E-state index in [1.54, 1.807) is 0 Å². The van der Waals surface area contributed by atoms with Gasteiger partial charge in [0.2, 0.25) is 5.89 Å². The Hall–Kier alpha value is -7.18. The summed E-state index contributed by atoms with van der Waals surface area (Å²) in [4.78, 5) is 20.1. The first kappa shape index (κ1) is 29.7. The maximum absolute atomic E-state index is 6.46. The topological polar surface area (TPSA) is 69.6 Å². The van der Waals surface area contributed by atoms with Crippen molar-refractivity contribution in [2.75, 3.05) is 0 Å². The van der Waals surface area contributed by atoms with Crippen LogP contribution < -0.4 is 0 Å². The Morgan fingerprint density at radius 1 is 0.385 bits per heavy atom. The Morgan fingerprint density at radius 2 is 0.865 bits per heavy atom. The molecule has 0 aliphatic heterocycles. The minimum absolute atomic E-state index is 0.522. The van der Waals surface area contributed by atoms with E-state index in [4.69, 9.17) is 24.4 Å². The summed E-state index contributed by atoms with van der Waals surface area (Å²) in [6, 6.07) is 59.9. The molecule has 52 heavy (non-hydrogen) atoms. The van der Waals surface area contributed by atoms with Crippen molar-refractivity contribution >= 4 is 32.9 Å². The van der Waals surface area contributed by atoms with Gasteiger partial charge >= 0.3 is 0 Å². The Kier molecular flexibility index (Phi) is 7.03. The van der Waals surface area contributed by atoms with Crippen LogP contribution >= 0.6 is 0 Å². The molecule has 0 aliphatic carbocycles. The monoisotopic (exact) mass is 667 g/mol. The lowest BCUT2D eigenvalue weighted by Gasteiger charge is -2.14. The van der Waals surface area contributed by atoms with Gasteiger partial charge in [-0.15, -0.1) is 0 Å². The summed E-state index contributed by atoms with van der Waals surface area (Å²) in [5.41, 5.74) is 10.4. The molecule has 0 unspecified atom stereocenters. The van der Waals surface area contributed by atoms with Crippen molar-refractivity contribution in [1.82, 2.24) is 24.5 Å². The summed E-state index contributed by atoms with van der Waals surface area (Å²) in [6.45, 7) is 0. The van der Waals surface area contributed by atoms with Gasteiger partial charge in [0.05, 0.1) is 22.3 Å². The van der Waals surface area contributed by atoms with Gasteiger partial charge in [0, 0.05) is 27.5 Å². The molecule has 0 atom stereocenters. The summed E-state index contributed by atoms with van der Waals surface area (Å²) in [5, 5.41) is 2.36. The van der Waals surface area contributed by atoms with E-state index in [0.717, 1.165) is 61.2 Å². The molecule has 0 spiro atoms. The van der Waals surface area contributed by atoms with Gasteiger partial charge in [-0.05, 0) is 53.6 Å². The number of hydrogen-bond acceptors (Lipinski definition) is 5. The van der Waals surface area contributed by atoms with Crippen LogP contribution in [0.5, 0.6) is 0 Å². The van der Waals surface area contributed by atoms with Crippen molar-refractivity contribution in [3.8, 4) is 62.4 Å². The minimum Gasteiger partial charge on any atom is -0.436 e. The Bertz CT molecular complexity index is 2810. The van der Waals surface area contributed by atoms with Crippen molar-refractivity contribution in [3.05, 3.63) is 176 Å². The predicted molar refractivity (Wildman–Crippen MR) is 209 cm³/mol. The number of fused-ring (bicyclic) bond motifs is 4. The zero-order valence-electron chi connectivity index (χ0n) is 27.9. The molecule has 6 nitrogen and oxygen atoms in total. The van der Waals surface area contributed by atoms with E-state index in [1.807, 2.05) is 60.7 Å². The highest BCUT2D eigenvalue weighted by Crippen LogP contribution is 2.39. The second-order valence-corrected chi connectivity index (χ2v) is 12.7. The zero-order chi connectivity index (χ0) is 34.4. The smallest absolute Gasteiger partial charge is 0.229 e. The van der Waals surface area contributed by atoms with Crippen LogP contribution in [-0.4, -0.2) is 24.5 Å². The van der Waals surface area contributed by atoms with Crippen LogP contribution in [0, 0.1) is 0 Å². The van der Waals surface area contributed by atoms with Crippen LogP contribution in [0.25, 0.3) is 95.3 Å². The maximum atomic E-state index is 6.46. The average molecular weight is 668 g/mol. The molecular formula is C46H29N5O. The Labute approximate surface area is 299 Å². The number of rotatable bonds is 6. The minimum atomic E-state index is 0.522. The van der Waals surface area contributed by atoms with E-state index in [9.17, 15) is 0 Å². The average Bonchev–Trinajstić information content (AvgIpc) is 3.81. The van der Waals surface area contributed by atoms with Crippen LogP contribution in [-0.2, 0) is 0 Å². The number of hydrogen-bond donors (Lipinski definition) is 0. The fraction of sp³-hybridized carbons (Fsp3) is 0. The Balaban J connectivity index is 1.18. The van der Waals surface area contributed by atoms with Gasteiger partial charge in [-0.25, -0.2) is 19.9 Å². The summed E-state index contributed by atoms with van der Waals surface area (Å²) in [5.74, 6) is 2.28. The second kappa shape index (κ2) is 12.3. The highest BCUT2D eigenvalue weighted by Gasteiger charge is 2.21. The molecule has 244 valence electrons. The zero-order valence-corrected chi connectivity index (χ0v) is 27.9. The van der Waals surface area contributed by atoms with Crippen molar-refractivity contribution < 1.29 is 4.42 Å². The lowest BCUT2D eigenvalue weighted by molar-refractivity contribution is 0.619. The number of para-hydroxylation sites is 4. The normalized spacial score (nSPS) is 11.5. The number of aromatic nitrogens is 5. The van der Waals surface area contributed by atoms with Gasteiger partial charge in [-0.1, -0.05) is 133 Å². The van der Waals surface area contributed by atoms with E-state index in [1.165, 1.54) is 10.8 Å². The summed E-state index contributed by atoms with van der Waals surface area (Å²) < 4.78 is 8.76. The number of nitrogens with zero attached hydrogens (tertiary/aromatic N) is 5. The standard InChI is InChI=1S/C46H29N5O/c1-3-13-30(14-4-1)31-23-25-33(26-24-31)44-48-43(32-15-5-2-6-16-32)49-45(50-44)34-27-28-41(37(29-34)46-47-38-19-9-12-22-42(38)52-46)51-39-20-10-7-17-35(39)36-18-8-11-21-40(36)51/h1-29H. The molecular weight excluding hydrogens is 639 g/mol. The summed E-state index contributed by atoms with van der Waals surface area (Å²) in [7, 11) is 0. The molecule has 3 heterocycles. The van der Waals surface area contributed by atoms with E-state index < -0.39 is 0 Å². The molecule has 0 saturated carbocycles. The third-order valence-corrected chi connectivity index (χ3v) is 9.52. The molecule has 0 N–H and O–H groups in total. The lowest BCUT2D eigenvalue weighted by Crippen LogP contribution is -2.02. The molecule has 0 radical (unpaired) electrons. The fourth-order valence-electron chi connectivity index (χ4n) is 7.00. The van der Waals surface area contributed by atoms with E-state index >= 15 is 0 Å². The van der Waals surface area contributed by atoms with Gasteiger partial charge in [-0.3, -0.25) is 0 Å². The molecule has 10 rings (SSSR count). The molecule has 0 saturated heterocycles. The third kappa shape index (κ3) is 5.13. The summed E-state index contributed by atoms with van der Waals surface area (Å²) in [6.07, 6.45) is 0. The van der Waals surface area contributed by atoms with Crippen LogP contribution in [0.3, 0.4) is 0 Å². The van der Waals surface area contributed by atoms with Gasteiger partial charge < -0.3 is 8.98 Å². The lowest BCUT2D eigenvalue weighted by atomic mass is 10.0. The van der Waals surface area contributed by atoms with E-state index in [0.29, 0.717) is 23.4 Å². The fourth-order valence-corrected chi connectivity index (χ4v) is 7.00. The number of oxazole rings is 1. The Morgan fingerprint density at radius 3 is 1.52 bits per heavy atom. The van der Waals surface area contributed by atoms with Crippen LogP contribution in [0.1, 0.15) is 0 Å². The summed E-state index contributed by atoms with van der Waals surface area (Å²) >= 11 is 0. The highest BCUT2D eigenvalue weighted by atomic mass is 16.3. The van der Waals surface area contributed by atoms with Crippen molar-refractivity contribution in [3.63, 3.8) is 0 Å². The molecule has 0 aliphatic rings. The molecule has 7 aromatic carbocycles. The quantitative estimate of drug-likeness (QED) is 0.176. The largest absolute Gasteiger partial charge is 0.436 e. The third-order valence-electron chi connectivity index (χ3n) is 9.52. The van der Waals surface area contributed by atoms with Crippen molar-refractivity contribution in [2.24, 2.45) is 0 Å². The molecule has 0 bridgehead atoms. The SMILES string of the molecule is c1ccc(-c2ccc(-c3nc(-c4ccccc4)nc(-c4ccc(-n5c6ccccc6c6ccccc65)c(-c5nc6ccccc6o5)c4)n3)cc2)cc1. The molecule has 0 fully saturated rings.